The van der Waals surface area contributed by atoms with E-state index in [0.29, 0.717) is 0 Å². The molecule has 2 rings (SSSR count). The summed E-state index contributed by atoms with van der Waals surface area (Å²) >= 11 is 0. The Bertz CT molecular complexity index is 669. The zero-order valence-electron chi connectivity index (χ0n) is 12.4. The topological polar surface area (TPSA) is 30.8 Å². The molecule has 3 nitrogen and oxygen atoms in total. The largest absolute Gasteiger partial charge is 0.573 e. The number of benzene rings is 2. The van der Waals surface area contributed by atoms with E-state index in [2.05, 4.69) is 16.1 Å². The second kappa shape index (κ2) is 7.67. The molecule has 0 atom stereocenters. The standard InChI is InChI=1S/C17H15F3NO2/c1-2-13-7-3-4-8-14(13)11-21-22-12-15-9-5-6-10-16(15)23-17(18,19)20/h3-10H,2,12H2,1H3. The van der Waals surface area contributed by atoms with E-state index >= 15 is 0 Å². The highest BCUT2D eigenvalue weighted by molar-refractivity contribution is 5.81. The van der Waals surface area contributed by atoms with Crippen molar-refractivity contribution in [2.45, 2.75) is 26.3 Å². The SMILES string of the molecule is CCc1ccccc1/[C]=N\OCc1ccccc1OC(F)(F)F. The molecule has 0 saturated heterocycles. The minimum absolute atomic E-state index is 0.145. The summed E-state index contributed by atoms with van der Waals surface area (Å²) in [4.78, 5) is 5.04. The fourth-order valence-electron chi connectivity index (χ4n) is 1.97. The third-order valence-corrected chi connectivity index (χ3v) is 3.05. The van der Waals surface area contributed by atoms with Crippen molar-refractivity contribution in [2.75, 3.05) is 0 Å². The molecule has 0 spiro atoms. The fourth-order valence-corrected chi connectivity index (χ4v) is 1.97. The van der Waals surface area contributed by atoms with Gasteiger partial charge in [-0.2, -0.15) is 0 Å². The zero-order chi connectivity index (χ0) is 16.7. The van der Waals surface area contributed by atoms with Crippen LogP contribution in [0.2, 0.25) is 0 Å². The molecule has 0 saturated carbocycles. The quantitative estimate of drug-likeness (QED) is 0.576. The van der Waals surface area contributed by atoms with Gasteiger partial charge < -0.3 is 9.57 Å². The van der Waals surface area contributed by atoms with E-state index in [4.69, 9.17) is 4.84 Å². The first kappa shape index (κ1) is 16.9. The van der Waals surface area contributed by atoms with Crippen LogP contribution in [0.1, 0.15) is 23.6 Å². The molecule has 6 heteroatoms. The van der Waals surface area contributed by atoms with Gasteiger partial charge in [0.15, 0.2) is 0 Å². The highest BCUT2D eigenvalue weighted by Crippen LogP contribution is 2.26. The molecular formula is C17H15F3NO2. The number of alkyl halides is 3. The van der Waals surface area contributed by atoms with Crippen molar-refractivity contribution in [3.63, 3.8) is 0 Å². The van der Waals surface area contributed by atoms with Crippen molar-refractivity contribution in [1.29, 1.82) is 0 Å². The molecule has 0 aliphatic heterocycles. The zero-order valence-corrected chi connectivity index (χ0v) is 12.4. The third kappa shape index (κ3) is 5.32. The maximum Gasteiger partial charge on any atom is 0.573 e. The van der Waals surface area contributed by atoms with Crippen LogP contribution in [0.15, 0.2) is 53.7 Å². The monoisotopic (exact) mass is 322 g/mol. The smallest absolute Gasteiger partial charge is 0.405 e. The number of hydrogen-bond donors (Lipinski definition) is 0. The van der Waals surface area contributed by atoms with E-state index < -0.39 is 6.36 Å². The van der Waals surface area contributed by atoms with Gasteiger partial charge in [-0.15, -0.1) is 13.2 Å². The molecule has 0 heterocycles. The van der Waals surface area contributed by atoms with Crippen molar-refractivity contribution < 1.29 is 22.7 Å². The van der Waals surface area contributed by atoms with Crippen LogP contribution in [-0.4, -0.2) is 12.6 Å². The normalized spacial score (nSPS) is 11.7. The van der Waals surface area contributed by atoms with E-state index in [1.54, 1.807) is 6.07 Å². The van der Waals surface area contributed by atoms with E-state index in [-0.39, 0.29) is 17.9 Å². The van der Waals surface area contributed by atoms with Crippen LogP contribution in [-0.2, 0) is 17.9 Å². The first-order chi connectivity index (χ1) is 11.0. The Morgan fingerprint density at radius 2 is 1.65 bits per heavy atom. The Morgan fingerprint density at radius 1 is 1.00 bits per heavy atom. The number of nitrogens with zero attached hydrogens (tertiary/aromatic N) is 1. The number of ether oxygens (including phenoxy) is 1. The summed E-state index contributed by atoms with van der Waals surface area (Å²) in [6.45, 7) is 1.86. The molecule has 0 aromatic heterocycles. The van der Waals surface area contributed by atoms with Gasteiger partial charge in [-0.1, -0.05) is 54.5 Å². The van der Waals surface area contributed by atoms with Crippen LogP contribution in [0.4, 0.5) is 13.2 Å². The van der Waals surface area contributed by atoms with Crippen molar-refractivity contribution >= 4 is 6.21 Å². The number of rotatable bonds is 6. The Kier molecular flexibility index (Phi) is 5.62. The molecule has 0 bridgehead atoms. The molecule has 0 fully saturated rings. The lowest BCUT2D eigenvalue weighted by Crippen LogP contribution is -2.18. The second-order valence-electron chi connectivity index (χ2n) is 4.64. The number of hydrogen-bond acceptors (Lipinski definition) is 3. The van der Waals surface area contributed by atoms with E-state index in [9.17, 15) is 13.2 Å². The minimum Gasteiger partial charge on any atom is -0.405 e. The van der Waals surface area contributed by atoms with E-state index in [1.165, 1.54) is 18.2 Å². The average molecular weight is 322 g/mol. The van der Waals surface area contributed by atoms with Gasteiger partial charge in [-0.25, -0.2) is 0 Å². The summed E-state index contributed by atoms with van der Waals surface area (Å²) in [7, 11) is 0. The molecule has 2 aromatic rings. The molecule has 2 aromatic carbocycles. The summed E-state index contributed by atoms with van der Waals surface area (Å²) in [5.41, 5.74) is 2.09. The van der Waals surface area contributed by atoms with Gasteiger partial charge in [0.1, 0.15) is 18.6 Å². The average Bonchev–Trinajstić information content (AvgIpc) is 2.52. The molecule has 0 N–H and O–H groups in total. The van der Waals surface area contributed by atoms with Crippen LogP contribution >= 0.6 is 0 Å². The first-order valence-electron chi connectivity index (χ1n) is 6.99. The van der Waals surface area contributed by atoms with Crippen LogP contribution < -0.4 is 4.74 Å². The highest BCUT2D eigenvalue weighted by Gasteiger charge is 2.32. The van der Waals surface area contributed by atoms with Gasteiger partial charge in [0, 0.05) is 11.1 Å². The Labute approximate surface area is 132 Å². The van der Waals surface area contributed by atoms with Crippen LogP contribution in [0.25, 0.3) is 0 Å². The highest BCUT2D eigenvalue weighted by atomic mass is 19.4. The fraction of sp³-hybridized carbons (Fsp3) is 0.235. The van der Waals surface area contributed by atoms with Crippen LogP contribution in [0, 0.1) is 0 Å². The molecule has 0 unspecified atom stereocenters. The lowest BCUT2D eigenvalue weighted by Gasteiger charge is -2.12. The summed E-state index contributed by atoms with van der Waals surface area (Å²) < 4.78 is 40.9. The van der Waals surface area contributed by atoms with Gasteiger partial charge in [0.2, 0.25) is 0 Å². The summed E-state index contributed by atoms with van der Waals surface area (Å²) in [5.74, 6) is -0.302. The Morgan fingerprint density at radius 3 is 2.35 bits per heavy atom. The van der Waals surface area contributed by atoms with Crippen molar-refractivity contribution in [1.82, 2.24) is 0 Å². The van der Waals surface area contributed by atoms with Gasteiger partial charge >= 0.3 is 6.36 Å². The van der Waals surface area contributed by atoms with Crippen molar-refractivity contribution in [3.05, 3.63) is 65.2 Å². The summed E-state index contributed by atoms with van der Waals surface area (Å²) in [6, 6.07) is 13.3. The predicted molar refractivity (Wildman–Crippen MR) is 80.3 cm³/mol. The maximum absolute atomic E-state index is 12.3. The summed E-state index contributed by atoms with van der Waals surface area (Å²) in [6.07, 6.45) is -1.18. The van der Waals surface area contributed by atoms with E-state index in [1.807, 2.05) is 31.2 Å². The summed E-state index contributed by atoms with van der Waals surface area (Å²) in [5, 5.41) is 3.70. The first-order valence-corrected chi connectivity index (χ1v) is 6.99. The Hall–Kier alpha value is -2.50. The maximum atomic E-state index is 12.3. The van der Waals surface area contributed by atoms with Crippen molar-refractivity contribution in [2.24, 2.45) is 5.16 Å². The number of para-hydroxylation sites is 1. The molecule has 0 amide bonds. The molecule has 121 valence electrons. The third-order valence-electron chi connectivity index (χ3n) is 3.05. The molecule has 23 heavy (non-hydrogen) atoms. The molecule has 1 radical (unpaired) electrons. The second-order valence-corrected chi connectivity index (χ2v) is 4.64. The molecule has 0 aliphatic rings. The molecule has 0 aliphatic carbocycles. The Balaban J connectivity index is 2.00. The number of halogens is 3. The lowest BCUT2D eigenvalue weighted by molar-refractivity contribution is -0.275. The number of aryl methyl sites for hydroxylation is 1. The van der Waals surface area contributed by atoms with Crippen LogP contribution in [0.5, 0.6) is 5.75 Å². The van der Waals surface area contributed by atoms with Gasteiger partial charge in [-0.3, -0.25) is 0 Å². The van der Waals surface area contributed by atoms with Crippen LogP contribution in [0.3, 0.4) is 0 Å². The van der Waals surface area contributed by atoms with Crippen molar-refractivity contribution in [3.8, 4) is 5.75 Å². The van der Waals surface area contributed by atoms with Gasteiger partial charge in [0.25, 0.3) is 0 Å². The predicted octanol–water partition coefficient (Wildman–Crippen LogP) is 4.58. The van der Waals surface area contributed by atoms with Gasteiger partial charge in [-0.05, 0) is 18.1 Å². The van der Waals surface area contributed by atoms with Gasteiger partial charge in [0.05, 0.1) is 0 Å². The van der Waals surface area contributed by atoms with E-state index in [0.717, 1.165) is 17.5 Å². The molecular weight excluding hydrogens is 307 g/mol. The minimum atomic E-state index is -4.74. The lowest BCUT2D eigenvalue weighted by atomic mass is 10.1.